The van der Waals surface area contributed by atoms with Crippen molar-refractivity contribution in [3.05, 3.63) is 34.9 Å². The first-order valence-corrected chi connectivity index (χ1v) is 11.2. The molecule has 2 aliphatic rings. The lowest BCUT2D eigenvalue weighted by atomic mass is 9.96. The summed E-state index contributed by atoms with van der Waals surface area (Å²) >= 11 is 6.01. The number of benzene rings is 1. The fourth-order valence-electron chi connectivity index (χ4n) is 3.47. The van der Waals surface area contributed by atoms with Crippen LogP contribution in [-0.4, -0.2) is 56.0 Å². The maximum absolute atomic E-state index is 12.3. The van der Waals surface area contributed by atoms with Crippen LogP contribution in [0.2, 0.25) is 5.02 Å². The van der Waals surface area contributed by atoms with Gasteiger partial charge in [0.1, 0.15) is 0 Å². The molecule has 144 valence electrons. The summed E-state index contributed by atoms with van der Waals surface area (Å²) in [6, 6.07) is 8.05. The zero-order valence-electron chi connectivity index (χ0n) is 15.8. The highest BCUT2D eigenvalue weighted by molar-refractivity contribution is 7.92. The molecule has 1 saturated carbocycles. The zero-order chi connectivity index (χ0) is 19.0. The summed E-state index contributed by atoms with van der Waals surface area (Å²) in [6.07, 6.45) is 2.24. The Kier molecular flexibility index (Phi) is 5.28. The van der Waals surface area contributed by atoms with Gasteiger partial charge in [-0.2, -0.15) is 0 Å². The van der Waals surface area contributed by atoms with Gasteiger partial charge in [0.15, 0.2) is 15.8 Å². The minimum absolute atomic E-state index is 0.0998. The third-order valence-electron chi connectivity index (χ3n) is 5.52. The van der Waals surface area contributed by atoms with Crippen LogP contribution >= 0.6 is 11.6 Å². The molecular formula is C19H28ClN3O2S. The third-order valence-corrected chi connectivity index (χ3v) is 8.30. The van der Waals surface area contributed by atoms with E-state index in [1.54, 1.807) is 13.8 Å². The van der Waals surface area contributed by atoms with Crippen LogP contribution in [-0.2, 0) is 15.3 Å². The largest absolute Gasteiger partial charge is 0.357 e. The molecule has 0 amide bonds. The average Bonchev–Trinajstić information content (AvgIpc) is 3.36. The molecule has 1 saturated heterocycles. The Morgan fingerprint density at radius 3 is 2.46 bits per heavy atom. The minimum atomic E-state index is -3.06. The Morgan fingerprint density at radius 1 is 1.27 bits per heavy atom. The second-order valence-electron chi connectivity index (χ2n) is 7.96. The van der Waals surface area contributed by atoms with Crippen molar-refractivity contribution in [3.63, 3.8) is 0 Å². The van der Waals surface area contributed by atoms with Crippen molar-refractivity contribution < 1.29 is 8.42 Å². The van der Waals surface area contributed by atoms with E-state index < -0.39 is 14.6 Å². The lowest BCUT2D eigenvalue weighted by molar-refractivity contribution is 0.353. The first-order valence-electron chi connectivity index (χ1n) is 9.21. The molecule has 3 rings (SSSR count). The maximum Gasteiger partial charge on any atom is 0.194 e. The molecule has 1 aliphatic heterocycles. The van der Waals surface area contributed by atoms with Gasteiger partial charge in [-0.1, -0.05) is 23.7 Å². The van der Waals surface area contributed by atoms with Gasteiger partial charge in [0, 0.05) is 30.1 Å². The Bertz CT molecular complexity index is 784. The van der Waals surface area contributed by atoms with Gasteiger partial charge in [0.05, 0.1) is 17.0 Å². The van der Waals surface area contributed by atoms with Gasteiger partial charge < -0.3 is 10.2 Å². The molecule has 0 radical (unpaired) electrons. The summed E-state index contributed by atoms with van der Waals surface area (Å²) in [5.74, 6) is 0.989. The SMILES string of the molecule is CCNC(=NCC1(c2ccc(Cl)cc2)CC1)N1CCS(=O)(=O)C(C)(C)C1. The summed E-state index contributed by atoms with van der Waals surface area (Å²) in [5, 5.41) is 4.09. The first-order chi connectivity index (χ1) is 12.2. The number of hydrogen-bond acceptors (Lipinski definition) is 3. The van der Waals surface area contributed by atoms with E-state index in [9.17, 15) is 8.42 Å². The molecule has 1 heterocycles. The van der Waals surface area contributed by atoms with E-state index in [2.05, 4.69) is 22.3 Å². The summed E-state index contributed by atoms with van der Waals surface area (Å²) in [4.78, 5) is 6.97. The standard InChI is InChI=1S/C19H28ClN3O2S/c1-4-21-17(23-11-12-26(24,25)18(2,3)14-23)22-13-19(9-10-19)15-5-7-16(20)8-6-15/h5-8H,4,9-14H2,1-3H3,(H,21,22). The smallest absolute Gasteiger partial charge is 0.194 e. The van der Waals surface area contributed by atoms with Gasteiger partial charge >= 0.3 is 0 Å². The number of nitrogens with one attached hydrogen (secondary N) is 1. The van der Waals surface area contributed by atoms with Crippen molar-refractivity contribution in [1.82, 2.24) is 10.2 Å². The highest BCUT2D eigenvalue weighted by Gasteiger charge is 2.45. The van der Waals surface area contributed by atoms with Crippen molar-refractivity contribution >= 4 is 27.4 Å². The fraction of sp³-hybridized carbons (Fsp3) is 0.632. The maximum atomic E-state index is 12.3. The van der Waals surface area contributed by atoms with E-state index >= 15 is 0 Å². The molecule has 0 unspecified atom stereocenters. The second kappa shape index (κ2) is 7.04. The number of sulfone groups is 1. The van der Waals surface area contributed by atoms with Crippen molar-refractivity contribution in [3.8, 4) is 0 Å². The molecule has 1 N–H and O–H groups in total. The number of nitrogens with zero attached hydrogens (tertiary/aromatic N) is 2. The number of guanidine groups is 1. The van der Waals surface area contributed by atoms with E-state index in [0.29, 0.717) is 19.6 Å². The Morgan fingerprint density at radius 2 is 1.92 bits per heavy atom. The van der Waals surface area contributed by atoms with Crippen molar-refractivity contribution in [2.75, 3.05) is 31.9 Å². The second-order valence-corrected chi connectivity index (χ2v) is 11.1. The predicted octanol–water partition coefficient (Wildman–Crippen LogP) is 2.85. The van der Waals surface area contributed by atoms with Gasteiger partial charge in [-0.15, -0.1) is 0 Å². The van der Waals surface area contributed by atoms with Crippen LogP contribution in [0.1, 0.15) is 39.2 Å². The van der Waals surface area contributed by atoms with Gasteiger partial charge in [0.25, 0.3) is 0 Å². The van der Waals surface area contributed by atoms with E-state index in [4.69, 9.17) is 16.6 Å². The Balaban J connectivity index is 1.77. The molecule has 7 heteroatoms. The highest BCUT2D eigenvalue weighted by Crippen LogP contribution is 2.48. The number of rotatable bonds is 4. The molecular weight excluding hydrogens is 370 g/mol. The lowest BCUT2D eigenvalue weighted by Crippen LogP contribution is -2.57. The molecule has 1 aromatic carbocycles. The third kappa shape index (κ3) is 3.86. The predicted molar refractivity (Wildman–Crippen MR) is 108 cm³/mol. The zero-order valence-corrected chi connectivity index (χ0v) is 17.3. The number of hydrogen-bond donors (Lipinski definition) is 1. The van der Waals surface area contributed by atoms with Crippen molar-refractivity contribution in [2.45, 2.75) is 43.8 Å². The lowest BCUT2D eigenvalue weighted by Gasteiger charge is -2.39. The monoisotopic (exact) mass is 397 g/mol. The van der Waals surface area contributed by atoms with Crippen LogP contribution in [0, 0.1) is 0 Å². The summed E-state index contributed by atoms with van der Waals surface area (Å²) in [7, 11) is -3.06. The molecule has 26 heavy (non-hydrogen) atoms. The topological polar surface area (TPSA) is 61.8 Å². The quantitative estimate of drug-likeness (QED) is 0.626. The summed E-state index contributed by atoms with van der Waals surface area (Å²) < 4.78 is 23.8. The highest BCUT2D eigenvalue weighted by atomic mass is 35.5. The van der Waals surface area contributed by atoms with E-state index in [1.807, 2.05) is 19.1 Å². The molecule has 0 aromatic heterocycles. The van der Waals surface area contributed by atoms with Crippen LogP contribution in [0.15, 0.2) is 29.3 Å². The van der Waals surface area contributed by atoms with Crippen LogP contribution in [0.4, 0.5) is 0 Å². The Hall–Kier alpha value is -1.27. The normalized spacial score (nSPS) is 23.5. The van der Waals surface area contributed by atoms with Crippen LogP contribution in [0.25, 0.3) is 0 Å². The molecule has 0 atom stereocenters. The minimum Gasteiger partial charge on any atom is -0.357 e. The van der Waals surface area contributed by atoms with Gasteiger partial charge in [-0.05, 0) is 51.3 Å². The Labute approximate surface area is 161 Å². The summed E-state index contributed by atoms with van der Waals surface area (Å²) in [5.41, 5.74) is 1.38. The first kappa shape index (κ1) is 19.5. The molecule has 1 aliphatic carbocycles. The van der Waals surface area contributed by atoms with Gasteiger partial charge in [-0.25, -0.2) is 8.42 Å². The average molecular weight is 398 g/mol. The van der Waals surface area contributed by atoms with E-state index in [1.165, 1.54) is 5.56 Å². The molecule has 5 nitrogen and oxygen atoms in total. The summed E-state index contributed by atoms with van der Waals surface area (Å²) in [6.45, 7) is 8.06. The molecule has 1 aromatic rings. The number of aliphatic imine (C=N–C) groups is 1. The van der Waals surface area contributed by atoms with Crippen LogP contribution in [0.3, 0.4) is 0 Å². The molecule has 0 bridgehead atoms. The fourth-order valence-corrected chi connectivity index (χ4v) is 4.96. The van der Waals surface area contributed by atoms with Gasteiger partial charge in [0.2, 0.25) is 0 Å². The van der Waals surface area contributed by atoms with Crippen LogP contribution < -0.4 is 5.32 Å². The van der Waals surface area contributed by atoms with Crippen molar-refractivity contribution in [2.24, 2.45) is 4.99 Å². The number of halogens is 1. The van der Waals surface area contributed by atoms with E-state index in [-0.39, 0.29) is 11.2 Å². The van der Waals surface area contributed by atoms with E-state index in [0.717, 1.165) is 30.4 Å². The molecule has 0 spiro atoms. The van der Waals surface area contributed by atoms with Crippen molar-refractivity contribution in [1.29, 1.82) is 0 Å². The molecule has 2 fully saturated rings. The van der Waals surface area contributed by atoms with Gasteiger partial charge in [-0.3, -0.25) is 4.99 Å². The van der Waals surface area contributed by atoms with Crippen LogP contribution in [0.5, 0.6) is 0 Å².